The van der Waals surface area contributed by atoms with E-state index < -0.39 is 25.1 Å². The van der Waals surface area contributed by atoms with Gasteiger partial charge in [-0.1, -0.05) is 125 Å². The Kier molecular flexibility index (Phi) is 21.5. The molecule has 58 heavy (non-hydrogen) atoms. The first kappa shape index (κ1) is 50.7. The highest BCUT2D eigenvalue weighted by atomic mass is 35.5. The highest BCUT2D eigenvalue weighted by Gasteiger charge is 2.24. The number of ether oxygens (including phenoxy) is 2. The Bertz CT molecular complexity index is 2020. The molecule has 14 nitrogen and oxygen atoms in total. The lowest BCUT2D eigenvalue weighted by Gasteiger charge is -2.13. The van der Waals surface area contributed by atoms with Gasteiger partial charge in [0.05, 0.1) is 21.8 Å². The molecule has 320 valence electrons. The number of thioether (sulfide) groups is 1. The van der Waals surface area contributed by atoms with Gasteiger partial charge in [0.1, 0.15) is 17.5 Å². The molecule has 0 bridgehead atoms. The highest BCUT2D eigenvalue weighted by molar-refractivity contribution is 8.13. The average molecular weight is 905 g/mol. The van der Waals surface area contributed by atoms with E-state index in [0.717, 1.165) is 28.8 Å². The van der Waals surface area contributed by atoms with Crippen LogP contribution in [-0.2, 0) is 14.8 Å². The Balaban J connectivity index is 0.000000322. The Morgan fingerprint density at radius 1 is 0.983 bits per heavy atom. The second kappa shape index (κ2) is 24.6. The Morgan fingerprint density at radius 2 is 1.62 bits per heavy atom. The van der Waals surface area contributed by atoms with Crippen molar-refractivity contribution in [1.29, 1.82) is 0 Å². The molecule has 4 aromatic rings. The summed E-state index contributed by atoms with van der Waals surface area (Å²) in [4.78, 5) is 43.0. The summed E-state index contributed by atoms with van der Waals surface area (Å²) >= 11 is 19.4. The summed E-state index contributed by atoms with van der Waals surface area (Å²) in [5, 5.41) is 20.9. The molecule has 0 radical (unpaired) electrons. The van der Waals surface area contributed by atoms with Crippen LogP contribution in [0.25, 0.3) is 16.9 Å². The third-order valence-corrected chi connectivity index (χ3v) is 10.3. The fourth-order valence-corrected chi connectivity index (χ4v) is 6.71. The molecule has 2 aromatic heterocycles. The van der Waals surface area contributed by atoms with Crippen LogP contribution in [0.3, 0.4) is 0 Å². The molecule has 19 heteroatoms. The molecular formula is C39H53Cl3N5O9PS. The van der Waals surface area contributed by atoms with E-state index in [2.05, 4.69) is 22.2 Å². The molecule has 2 heterocycles. The molecule has 0 aliphatic carbocycles. The van der Waals surface area contributed by atoms with E-state index in [-0.39, 0.29) is 39.6 Å². The van der Waals surface area contributed by atoms with Crippen LogP contribution in [0.15, 0.2) is 57.7 Å². The normalized spacial score (nSPS) is 12.7. The molecule has 4 rings (SSSR count). The molecular weight excluding hydrogens is 852 g/mol. The molecule has 0 spiro atoms. The summed E-state index contributed by atoms with van der Waals surface area (Å²) in [5.41, 5.74) is 6.41. The molecule has 4 N–H and O–H groups in total. The quantitative estimate of drug-likeness (QED) is 0.0543. The van der Waals surface area contributed by atoms with Gasteiger partial charge in [-0.2, -0.15) is 4.68 Å². The van der Waals surface area contributed by atoms with E-state index in [4.69, 9.17) is 64.4 Å². The number of carboxylic acid groups (broad SMARTS) is 1. The largest absolute Gasteiger partial charge is 0.489 e. The van der Waals surface area contributed by atoms with Crippen LogP contribution in [-0.4, -0.2) is 72.0 Å². The molecule has 2 aromatic carbocycles. The number of carbonyl (C=O) groups is 2. The monoisotopic (exact) mass is 903 g/mol. The van der Waals surface area contributed by atoms with E-state index >= 15 is 0 Å². The van der Waals surface area contributed by atoms with Crippen LogP contribution < -0.4 is 21.0 Å². The Hall–Kier alpha value is -3.43. The highest BCUT2D eigenvalue weighted by Crippen LogP contribution is 2.36. The molecule has 2 unspecified atom stereocenters. The molecule has 0 aliphatic heterocycles. The minimum Gasteiger partial charge on any atom is -0.489 e. The van der Waals surface area contributed by atoms with Gasteiger partial charge in [0.25, 0.3) is 0 Å². The number of rotatable bonds is 16. The van der Waals surface area contributed by atoms with Gasteiger partial charge in [-0.3, -0.25) is 9.36 Å². The summed E-state index contributed by atoms with van der Waals surface area (Å²) in [6.45, 7) is 12.9. The van der Waals surface area contributed by atoms with Crippen LogP contribution in [0, 0.1) is 0 Å². The summed E-state index contributed by atoms with van der Waals surface area (Å²) in [6, 6.07) is 13.1. The van der Waals surface area contributed by atoms with Crippen LogP contribution >= 0.6 is 53.9 Å². The van der Waals surface area contributed by atoms with Crippen molar-refractivity contribution in [2.75, 3.05) is 18.6 Å². The number of hydrogen-bond acceptors (Lipinski definition) is 12. The minimum atomic E-state index is -3.10. The standard InChI is InChI=1S/C19H23ClN2O2S.C15H18Cl2N2O3.C5H12NO4P/c1-2-3-4-5-6-10-13-25-19(23)24-16-14-17(20)21-22-18(16)15-11-8-7-9-12-15;1-8(2)21-12-7-11(9(16)6-10(12)17)19-14(20)22-13(18-19)15(3,4)5;1-11(9,10)3-2-4(6)5(7)8/h7-9,11-12,14H,2-6,10,13H2,1H3;6-8H,1-5H3;4H,2-3,6H2,1H3,(H,7,8)(H,9,10). The van der Waals surface area contributed by atoms with Crippen LogP contribution in [0.2, 0.25) is 15.2 Å². The number of benzene rings is 2. The van der Waals surface area contributed by atoms with Crippen molar-refractivity contribution in [2.24, 2.45) is 5.73 Å². The van der Waals surface area contributed by atoms with E-state index in [0.29, 0.717) is 33.8 Å². The lowest BCUT2D eigenvalue weighted by molar-refractivity contribution is -0.138. The van der Waals surface area contributed by atoms with E-state index in [1.165, 1.54) is 56.2 Å². The fraction of sp³-hybridized carbons (Fsp3) is 0.487. The average Bonchev–Trinajstić information content (AvgIpc) is 3.53. The molecule has 0 fully saturated rings. The topological polar surface area (TPSA) is 210 Å². The van der Waals surface area contributed by atoms with E-state index in [9.17, 15) is 18.9 Å². The molecule has 0 saturated heterocycles. The predicted octanol–water partition coefficient (Wildman–Crippen LogP) is 10.3. The van der Waals surface area contributed by atoms with Crippen LogP contribution in [0.4, 0.5) is 4.79 Å². The van der Waals surface area contributed by atoms with Crippen molar-refractivity contribution in [3.05, 3.63) is 80.2 Å². The van der Waals surface area contributed by atoms with Crippen molar-refractivity contribution < 1.29 is 38.0 Å². The number of hydrogen-bond donors (Lipinski definition) is 3. The van der Waals surface area contributed by atoms with E-state index in [1.54, 1.807) is 6.07 Å². The number of nitrogens with zero attached hydrogens (tertiary/aromatic N) is 4. The van der Waals surface area contributed by atoms with Gasteiger partial charge in [0.15, 0.2) is 18.3 Å². The third-order valence-electron chi connectivity index (χ3n) is 7.64. The predicted molar refractivity (Wildman–Crippen MR) is 232 cm³/mol. The first-order valence-electron chi connectivity index (χ1n) is 18.6. The van der Waals surface area contributed by atoms with Gasteiger partial charge in [0.2, 0.25) is 5.89 Å². The zero-order chi connectivity index (χ0) is 43.6. The number of aromatic nitrogens is 4. The van der Waals surface area contributed by atoms with Crippen molar-refractivity contribution in [3.8, 4) is 28.4 Å². The number of carboxylic acids is 1. The zero-order valence-electron chi connectivity index (χ0n) is 33.7. The number of aliphatic carboxylic acids is 1. The third kappa shape index (κ3) is 18.7. The Labute approximate surface area is 358 Å². The first-order valence-corrected chi connectivity index (χ1v) is 23.0. The first-order chi connectivity index (χ1) is 27.1. The van der Waals surface area contributed by atoms with Gasteiger partial charge in [-0.05, 0) is 44.5 Å². The second-order valence-electron chi connectivity index (χ2n) is 14.5. The SMILES string of the molecule is CC(C)Oc1cc(-n2nc(C(C)(C)C)oc2=O)c(Cl)cc1Cl.CCCCCCCCSC(=O)Oc1cc(Cl)nnc1-c1ccccc1.CP(=O)(O)CCC(N)C(=O)O. The number of unbranched alkanes of at least 4 members (excludes halogenated alkanes) is 5. The molecule has 0 amide bonds. The van der Waals surface area contributed by atoms with E-state index in [1.807, 2.05) is 65.0 Å². The fourth-order valence-electron chi connectivity index (χ4n) is 4.64. The summed E-state index contributed by atoms with van der Waals surface area (Å²) in [6.07, 6.45) is 7.13. The summed E-state index contributed by atoms with van der Waals surface area (Å²) in [7, 11) is -3.10. The number of nitrogens with two attached hydrogens (primary N) is 1. The van der Waals surface area contributed by atoms with Gasteiger partial charge in [-0.15, -0.1) is 15.3 Å². The molecule has 2 atom stereocenters. The Morgan fingerprint density at radius 3 is 2.19 bits per heavy atom. The summed E-state index contributed by atoms with van der Waals surface area (Å²) in [5.74, 6) is 0.116. The van der Waals surface area contributed by atoms with Crippen molar-refractivity contribution in [3.63, 3.8) is 0 Å². The minimum absolute atomic E-state index is 0.0412. The maximum absolute atomic E-state index is 12.1. The molecule has 0 aliphatic rings. The smallest absolute Gasteiger partial charge is 0.442 e. The van der Waals surface area contributed by atoms with Gasteiger partial charge in [-0.25, -0.2) is 9.59 Å². The zero-order valence-corrected chi connectivity index (χ0v) is 37.7. The number of halogens is 3. The lowest BCUT2D eigenvalue weighted by Crippen LogP contribution is -2.30. The van der Waals surface area contributed by atoms with Crippen molar-refractivity contribution in [2.45, 2.75) is 104 Å². The maximum Gasteiger partial charge on any atom is 0.442 e. The van der Waals surface area contributed by atoms with Gasteiger partial charge in [0, 0.05) is 41.7 Å². The molecule has 0 saturated carbocycles. The van der Waals surface area contributed by atoms with Crippen molar-refractivity contribution in [1.82, 2.24) is 20.0 Å². The van der Waals surface area contributed by atoms with Crippen LogP contribution in [0.5, 0.6) is 11.5 Å². The van der Waals surface area contributed by atoms with Crippen LogP contribution in [0.1, 0.15) is 92.4 Å². The van der Waals surface area contributed by atoms with Crippen molar-refractivity contribution >= 4 is 65.2 Å². The van der Waals surface area contributed by atoms with Gasteiger partial charge < -0.3 is 29.6 Å². The number of carbonyl (C=O) groups excluding carboxylic acids is 1. The summed E-state index contributed by atoms with van der Waals surface area (Å²) < 4.78 is 28.0. The van der Waals surface area contributed by atoms with Gasteiger partial charge >= 0.3 is 17.0 Å². The maximum atomic E-state index is 12.1. The lowest BCUT2D eigenvalue weighted by atomic mass is 9.97. The second-order valence-corrected chi connectivity index (χ2v) is 19.2.